The number of nitrogens with zero attached hydrogens (tertiary/aromatic N) is 2. The number of hydrogen-bond acceptors (Lipinski definition) is 4. The highest BCUT2D eigenvalue weighted by Gasteiger charge is 2.14. The van der Waals surface area contributed by atoms with Gasteiger partial charge in [-0.05, 0) is 43.2 Å². The van der Waals surface area contributed by atoms with E-state index in [-0.39, 0.29) is 11.8 Å². The average Bonchev–Trinajstić information content (AvgIpc) is 2.61. The van der Waals surface area contributed by atoms with Crippen molar-refractivity contribution in [3.8, 4) is 0 Å². The van der Waals surface area contributed by atoms with Gasteiger partial charge in [-0.1, -0.05) is 19.9 Å². The highest BCUT2D eigenvalue weighted by molar-refractivity contribution is 5.94. The smallest absolute Gasteiger partial charge is 0.255 e. The molecule has 0 aliphatic heterocycles. The van der Waals surface area contributed by atoms with Crippen LogP contribution in [0.3, 0.4) is 0 Å². The highest BCUT2D eigenvalue weighted by Crippen LogP contribution is 2.19. The summed E-state index contributed by atoms with van der Waals surface area (Å²) in [6.45, 7) is 7.11. The van der Waals surface area contributed by atoms with Crippen molar-refractivity contribution in [2.24, 2.45) is 0 Å². The van der Waals surface area contributed by atoms with Crippen molar-refractivity contribution in [1.82, 2.24) is 9.88 Å². The summed E-state index contributed by atoms with van der Waals surface area (Å²) in [7, 11) is 0. The standard InChI is InChI=1S/C20H26N4O2/c1-4-11-24(12-5-2)20(26)16-9-10-19(21-14-16)23-18-8-6-7-17(13-18)22-15(3)25/h6-10,13-14H,4-5,11-12H2,1-3H3,(H,21,23)(H,22,25). The van der Waals surface area contributed by atoms with Crippen LogP contribution in [0.15, 0.2) is 42.6 Å². The summed E-state index contributed by atoms with van der Waals surface area (Å²) in [6.07, 6.45) is 3.47. The van der Waals surface area contributed by atoms with E-state index in [0.29, 0.717) is 17.1 Å². The van der Waals surface area contributed by atoms with Crippen LogP contribution in [0.2, 0.25) is 0 Å². The largest absolute Gasteiger partial charge is 0.340 e. The lowest BCUT2D eigenvalue weighted by atomic mass is 10.2. The van der Waals surface area contributed by atoms with E-state index >= 15 is 0 Å². The third-order valence-electron chi connectivity index (χ3n) is 3.74. The van der Waals surface area contributed by atoms with Gasteiger partial charge < -0.3 is 15.5 Å². The molecule has 26 heavy (non-hydrogen) atoms. The Hall–Kier alpha value is -2.89. The van der Waals surface area contributed by atoms with E-state index in [4.69, 9.17) is 0 Å². The van der Waals surface area contributed by atoms with E-state index in [0.717, 1.165) is 31.6 Å². The highest BCUT2D eigenvalue weighted by atomic mass is 16.2. The van der Waals surface area contributed by atoms with Gasteiger partial charge in [0.2, 0.25) is 5.91 Å². The maximum atomic E-state index is 12.6. The van der Waals surface area contributed by atoms with Crippen molar-refractivity contribution in [3.63, 3.8) is 0 Å². The summed E-state index contributed by atoms with van der Waals surface area (Å²) in [6, 6.07) is 10.9. The minimum absolute atomic E-state index is 0.0143. The van der Waals surface area contributed by atoms with Gasteiger partial charge >= 0.3 is 0 Å². The van der Waals surface area contributed by atoms with E-state index in [2.05, 4.69) is 29.5 Å². The third-order valence-corrected chi connectivity index (χ3v) is 3.74. The normalized spacial score (nSPS) is 10.3. The summed E-state index contributed by atoms with van der Waals surface area (Å²) >= 11 is 0. The van der Waals surface area contributed by atoms with Gasteiger partial charge in [0, 0.05) is 37.6 Å². The molecule has 1 heterocycles. The molecule has 0 fully saturated rings. The first kappa shape index (κ1) is 19.4. The molecule has 138 valence electrons. The first-order chi connectivity index (χ1) is 12.5. The van der Waals surface area contributed by atoms with Gasteiger partial charge in [0.05, 0.1) is 5.56 Å². The molecule has 0 spiro atoms. The molecule has 6 heteroatoms. The third kappa shape index (κ3) is 5.58. The predicted molar refractivity (Wildman–Crippen MR) is 105 cm³/mol. The summed E-state index contributed by atoms with van der Waals surface area (Å²) in [4.78, 5) is 29.9. The Morgan fingerprint density at radius 2 is 1.73 bits per heavy atom. The van der Waals surface area contributed by atoms with Crippen molar-refractivity contribution in [1.29, 1.82) is 0 Å². The molecule has 1 aromatic carbocycles. The van der Waals surface area contributed by atoms with E-state index in [1.807, 2.05) is 29.2 Å². The lowest BCUT2D eigenvalue weighted by Crippen LogP contribution is -2.32. The number of hydrogen-bond donors (Lipinski definition) is 2. The van der Waals surface area contributed by atoms with Crippen molar-refractivity contribution < 1.29 is 9.59 Å². The number of aromatic nitrogens is 1. The van der Waals surface area contributed by atoms with Crippen LogP contribution in [0.4, 0.5) is 17.2 Å². The van der Waals surface area contributed by atoms with E-state index in [1.165, 1.54) is 6.92 Å². The molecular weight excluding hydrogens is 328 g/mol. The lowest BCUT2D eigenvalue weighted by Gasteiger charge is -2.21. The number of anilines is 3. The molecule has 0 aliphatic carbocycles. The molecule has 2 N–H and O–H groups in total. The van der Waals surface area contributed by atoms with Crippen LogP contribution < -0.4 is 10.6 Å². The van der Waals surface area contributed by atoms with Gasteiger partial charge in [-0.25, -0.2) is 4.98 Å². The molecule has 0 aliphatic rings. The molecule has 0 radical (unpaired) electrons. The van der Waals surface area contributed by atoms with E-state index in [1.54, 1.807) is 18.3 Å². The van der Waals surface area contributed by atoms with Gasteiger partial charge in [0.15, 0.2) is 0 Å². The number of benzene rings is 1. The maximum absolute atomic E-state index is 12.6. The first-order valence-corrected chi connectivity index (χ1v) is 8.93. The van der Waals surface area contributed by atoms with Crippen molar-refractivity contribution >= 4 is 29.0 Å². The number of rotatable bonds is 8. The topological polar surface area (TPSA) is 74.3 Å². The number of pyridine rings is 1. The van der Waals surface area contributed by atoms with Gasteiger partial charge in [0.25, 0.3) is 5.91 Å². The molecule has 0 unspecified atom stereocenters. The summed E-state index contributed by atoms with van der Waals surface area (Å²) < 4.78 is 0. The molecular formula is C20H26N4O2. The fourth-order valence-corrected chi connectivity index (χ4v) is 2.66. The second-order valence-electron chi connectivity index (χ2n) is 6.11. The van der Waals surface area contributed by atoms with E-state index < -0.39 is 0 Å². The molecule has 0 bridgehead atoms. The van der Waals surface area contributed by atoms with Gasteiger partial charge in [-0.15, -0.1) is 0 Å². The van der Waals surface area contributed by atoms with Crippen molar-refractivity contribution in [2.45, 2.75) is 33.6 Å². The fraction of sp³-hybridized carbons (Fsp3) is 0.350. The Morgan fingerprint density at radius 1 is 1.04 bits per heavy atom. The van der Waals surface area contributed by atoms with Crippen LogP contribution in [0.25, 0.3) is 0 Å². The summed E-state index contributed by atoms with van der Waals surface area (Å²) in [5.41, 5.74) is 2.11. The number of carbonyl (C=O) groups is 2. The Bertz CT molecular complexity index is 738. The zero-order chi connectivity index (χ0) is 18.9. The number of amides is 2. The zero-order valence-electron chi connectivity index (χ0n) is 15.6. The van der Waals surface area contributed by atoms with Crippen LogP contribution in [0.5, 0.6) is 0 Å². The van der Waals surface area contributed by atoms with Crippen LogP contribution in [0.1, 0.15) is 44.0 Å². The zero-order valence-corrected chi connectivity index (χ0v) is 15.6. The average molecular weight is 354 g/mol. The quantitative estimate of drug-likeness (QED) is 0.750. The van der Waals surface area contributed by atoms with Gasteiger partial charge in [-0.3, -0.25) is 9.59 Å². The Kier molecular flexibility index (Phi) is 7.14. The monoisotopic (exact) mass is 354 g/mol. The second-order valence-corrected chi connectivity index (χ2v) is 6.11. The number of carbonyl (C=O) groups excluding carboxylic acids is 2. The predicted octanol–water partition coefficient (Wildman–Crippen LogP) is 4.05. The number of nitrogens with one attached hydrogen (secondary N) is 2. The van der Waals surface area contributed by atoms with Crippen LogP contribution >= 0.6 is 0 Å². The van der Waals surface area contributed by atoms with Crippen molar-refractivity contribution in [3.05, 3.63) is 48.2 Å². The van der Waals surface area contributed by atoms with Gasteiger partial charge in [0.1, 0.15) is 5.82 Å². The summed E-state index contributed by atoms with van der Waals surface area (Å²) in [5.74, 6) is 0.534. The fourth-order valence-electron chi connectivity index (χ4n) is 2.66. The molecule has 0 saturated heterocycles. The second kappa shape index (κ2) is 9.56. The summed E-state index contributed by atoms with van der Waals surface area (Å²) in [5, 5.41) is 5.92. The maximum Gasteiger partial charge on any atom is 0.255 e. The molecule has 1 aromatic heterocycles. The van der Waals surface area contributed by atoms with Crippen LogP contribution in [-0.2, 0) is 4.79 Å². The molecule has 6 nitrogen and oxygen atoms in total. The molecule has 2 rings (SSSR count). The van der Waals surface area contributed by atoms with E-state index in [9.17, 15) is 9.59 Å². The molecule has 0 saturated carbocycles. The van der Waals surface area contributed by atoms with Gasteiger partial charge in [-0.2, -0.15) is 0 Å². The SMILES string of the molecule is CCCN(CCC)C(=O)c1ccc(Nc2cccc(NC(C)=O)c2)nc1. The lowest BCUT2D eigenvalue weighted by molar-refractivity contribution is -0.114. The Labute approximate surface area is 154 Å². The Balaban J connectivity index is 2.07. The van der Waals surface area contributed by atoms with Crippen LogP contribution in [0, 0.1) is 0 Å². The minimum Gasteiger partial charge on any atom is -0.340 e. The molecule has 2 amide bonds. The van der Waals surface area contributed by atoms with Crippen LogP contribution in [-0.4, -0.2) is 34.8 Å². The minimum atomic E-state index is -0.119. The van der Waals surface area contributed by atoms with Crippen molar-refractivity contribution in [2.75, 3.05) is 23.7 Å². The first-order valence-electron chi connectivity index (χ1n) is 8.93. The molecule has 2 aromatic rings. The Morgan fingerprint density at radius 3 is 2.31 bits per heavy atom. The molecule has 0 atom stereocenters.